The fourth-order valence-electron chi connectivity index (χ4n) is 6.30. The second kappa shape index (κ2) is 21.0. The van der Waals surface area contributed by atoms with Crippen molar-refractivity contribution in [1.29, 1.82) is 0 Å². The third-order valence-corrected chi connectivity index (χ3v) is 12.5. The van der Waals surface area contributed by atoms with Gasteiger partial charge >= 0.3 is 25.2 Å². The molecule has 0 radical (unpaired) electrons. The number of anilines is 2. The fraction of sp³-hybridized carbons (Fsp3) is 0.457. The van der Waals surface area contributed by atoms with Gasteiger partial charge in [-0.1, -0.05) is 63.2 Å². The Morgan fingerprint density at radius 2 is 1.33 bits per heavy atom. The number of para-hydroxylation sites is 1. The van der Waals surface area contributed by atoms with Gasteiger partial charge in [0, 0.05) is 45.6 Å². The van der Waals surface area contributed by atoms with Crippen molar-refractivity contribution in [1.82, 2.24) is 10.2 Å². The number of benzene rings is 3. The average Bonchev–Trinajstić information content (AvgIpc) is 3.67. The predicted octanol–water partition coefficient (Wildman–Crippen LogP) is 9.95. The molecule has 0 aliphatic carbocycles. The van der Waals surface area contributed by atoms with Crippen LogP contribution in [0.5, 0.6) is 0 Å². The molecule has 1 unspecified atom stereocenters. The second-order valence-electron chi connectivity index (χ2n) is 18.2. The lowest BCUT2D eigenvalue weighted by Crippen LogP contribution is -2.55. The van der Waals surface area contributed by atoms with E-state index in [2.05, 4.69) is 27.9 Å². The van der Waals surface area contributed by atoms with Gasteiger partial charge in [0.2, 0.25) is 31.3 Å². The summed E-state index contributed by atoms with van der Waals surface area (Å²) in [4.78, 5) is 69.4. The van der Waals surface area contributed by atoms with Crippen molar-refractivity contribution in [3.05, 3.63) is 99.6 Å². The van der Waals surface area contributed by atoms with Crippen molar-refractivity contribution in [2.45, 2.75) is 99.3 Å². The number of nitrogens with zero attached hydrogens (tertiary/aromatic N) is 2. The summed E-state index contributed by atoms with van der Waals surface area (Å²) < 4.78 is 66.3. The highest BCUT2D eigenvalue weighted by atomic mass is 127. The van der Waals surface area contributed by atoms with E-state index >= 15 is 8.78 Å². The van der Waals surface area contributed by atoms with Crippen LogP contribution in [-0.2, 0) is 52.7 Å². The zero-order valence-corrected chi connectivity index (χ0v) is 40.2. The highest BCUT2D eigenvalue weighted by molar-refractivity contribution is 14.1. The number of amides is 3. The summed E-state index contributed by atoms with van der Waals surface area (Å²) >= 11 is 2.20. The maximum absolute atomic E-state index is 16.0. The standard InChI is InChI=1S/C46H57F2IN3O10P/c1-43(2,3)39(40(55)51-27-13-16-36(51)28-38(54)52(34-14-11-10-12-15-34)35-24-22-33(49)23-25-35)50-37(53)26-19-31-17-20-32(21-18-31)46(47,48)63(58,61-29-59-41(56)44(4,5)6)62-30-60-42(57)45(7,8)9/h10-12,14-15,17-26,36,39H,13,16,27-30H2,1-9H3,(H,50,53)/b26-19+/t36-,39?/m0/s1. The van der Waals surface area contributed by atoms with Crippen molar-refractivity contribution in [3.8, 4) is 0 Å². The molecule has 0 spiro atoms. The van der Waals surface area contributed by atoms with Gasteiger partial charge < -0.3 is 19.7 Å². The van der Waals surface area contributed by atoms with E-state index in [9.17, 15) is 28.5 Å². The van der Waals surface area contributed by atoms with Gasteiger partial charge in [0.25, 0.3) is 0 Å². The highest BCUT2D eigenvalue weighted by Gasteiger charge is 2.56. The zero-order valence-electron chi connectivity index (χ0n) is 37.1. The Morgan fingerprint density at radius 1 is 0.810 bits per heavy atom. The number of nitrogens with one attached hydrogen (secondary N) is 1. The first-order valence-electron chi connectivity index (χ1n) is 20.4. The number of esters is 2. The Hall–Kier alpha value is -4.51. The molecule has 1 heterocycles. The fourth-order valence-corrected chi connectivity index (χ4v) is 7.90. The molecule has 63 heavy (non-hydrogen) atoms. The molecule has 4 rings (SSSR count). The molecule has 0 aromatic heterocycles. The molecule has 0 bridgehead atoms. The molecule has 1 aliphatic heterocycles. The van der Waals surface area contributed by atoms with E-state index in [1.54, 1.807) is 9.80 Å². The Kier molecular flexibility index (Phi) is 17.0. The summed E-state index contributed by atoms with van der Waals surface area (Å²) in [6.07, 6.45) is 3.87. The summed E-state index contributed by atoms with van der Waals surface area (Å²) in [6.45, 7) is 12.7. The van der Waals surface area contributed by atoms with Crippen LogP contribution in [0.2, 0.25) is 0 Å². The van der Waals surface area contributed by atoms with Gasteiger partial charge in [-0.05, 0) is 130 Å². The van der Waals surface area contributed by atoms with Crippen LogP contribution in [-0.4, -0.2) is 66.8 Å². The Labute approximate surface area is 381 Å². The monoisotopic (exact) mass is 1010 g/mol. The average molecular weight is 1010 g/mol. The largest absolute Gasteiger partial charge is 0.438 e. The molecule has 3 aromatic rings. The summed E-state index contributed by atoms with van der Waals surface area (Å²) in [7, 11) is -5.53. The number of carbonyl (C=O) groups is 5. The minimum Gasteiger partial charge on any atom is -0.438 e. The quantitative estimate of drug-likeness (QED) is 0.0482. The molecule has 1 saturated heterocycles. The number of hydrogen-bond donors (Lipinski definition) is 1. The van der Waals surface area contributed by atoms with Crippen LogP contribution in [0.4, 0.5) is 20.2 Å². The van der Waals surface area contributed by atoms with Crippen molar-refractivity contribution in [2.75, 3.05) is 25.0 Å². The first-order valence-corrected chi connectivity index (χ1v) is 23.0. The Morgan fingerprint density at radius 3 is 1.84 bits per heavy atom. The van der Waals surface area contributed by atoms with Gasteiger partial charge in [-0.3, -0.25) is 42.5 Å². The third-order valence-electron chi connectivity index (χ3n) is 9.90. The van der Waals surface area contributed by atoms with Crippen molar-refractivity contribution >= 4 is 77.3 Å². The normalized spacial score (nSPS) is 15.5. The highest BCUT2D eigenvalue weighted by Crippen LogP contribution is 2.67. The first kappa shape index (κ1) is 51.1. The van der Waals surface area contributed by atoms with Crippen LogP contribution >= 0.6 is 30.2 Å². The molecule has 1 aliphatic rings. The third kappa shape index (κ3) is 13.7. The van der Waals surface area contributed by atoms with Crippen LogP contribution in [0.25, 0.3) is 6.08 Å². The van der Waals surface area contributed by atoms with Crippen LogP contribution in [0.15, 0.2) is 84.9 Å². The van der Waals surface area contributed by atoms with Crippen molar-refractivity contribution in [3.63, 3.8) is 0 Å². The van der Waals surface area contributed by atoms with Gasteiger partial charge in [-0.2, -0.15) is 8.78 Å². The van der Waals surface area contributed by atoms with Gasteiger partial charge in [0.1, 0.15) is 6.04 Å². The van der Waals surface area contributed by atoms with E-state index in [4.69, 9.17) is 18.5 Å². The summed E-state index contributed by atoms with van der Waals surface area (Å²) in [5.41, 5.74) is -6.21. The molecule has 3 aromatic carbocycles. The minimum atomic E-state index is -5.53. The molecule has 3 amide bonds. The summed E-state index contributed by atoms with van der Waals surface area (Å²) in [5, 5.41) is 2.81. The smallest absolute Gasteiger partial charge is 0.410 e. The second-order valence-corrected chi connectivity index (χ2v) is 21.6. The number of likely N-dealkylation sites (tertiary alicyclic amines) is 1. The SMILES string of the molecule is CC(C)(C)C(=O)OCOP(=O)(OCOC(=O)C(C)(C)C)C(F)(F)c1ccc(/C=C/C(=O)NC(C(=O)N2CCC[C@H]2CC(=O)N(c2ccccc2)c2ccc(I)cc2)C(C)(C)C)cc1. The van der Waals surface area contributed by atoms with Gasteiger partial charge in [-0.25, -0.2) is 0 Å². The lowest BCUT2D eigenvalue weighted by molar-refractivity contribution is -0.163. The maximum atomic E-state index is 16.0. The summed E-state index contributed by atoms with van der Waals surface area (Å²) in [6, 6.07) is 19.9. The number of ether oxygens (including phenoxy) is 2. The van der Waals surface area contributed by atoms with Crippen LogP contribution in [0.3, 0.4) is 0 Å². The minimum absolute atomic E-state index is 0.0649. The first-order chi connectivity index (χ1) is 29.2. The lowest BCUT2D eigenvalue weighted by atomic mass is 9.85. The molecule has 342 valence electrons. The zero-order chi connectivity index (χ0) is 47.0. The van der Waals surface area contributed by atoms with E-state index < -0.39 is 78.6 Å². The number of halogens is 3. The Bertz CT molecular complexity index is 2130. The molecule has 1 N–H and O–H groups in total. The number of carbonyl (C=O) groups excluding carboxylic acids is 5. The predicted molar refractivity (Wildman–Crippen MR) is 243 cm³/mol. The molecule has 13 nitrogen and oxygen atoms in total. The van der Waals surface area contributed by atoms with Gasteiger partial charge in [-0.15, -0.1) is 0 Å². The van der Waals surface area contributed by atoms with E-state index in [0.29, 0.717) is 36.3 Å². The van der Waals surface area contributed by atoms with E-state index in [0.717, 1.165) is 21.8 Å². The van der Waals surface area contributed by atoms with E-state index in [1.165, 1.54) is 59.8 Å². The van der Waals surface area contributed by atoms with Crippen LogP contribution in [0, 0.1) is 19.8 Å². The molecule has 2 atom stereocenters. The number of hydrogen-bond acceptors (Lipinski definition) is 10. The van der Waals surface area contributed by atoms with Gasteiger partial charge in [0.05, 0.1) is 10.8 Å². The number of rotatable bonds is 16. The van der Waals surface area contributed by atoms with Crippen LogP contribution < -0.4 is 10.2 Å². The lowest BCUT2D eigenvalue weighted by Gasteiger charge is -2.36. The van der Waals surface area contributed by atoms with Gasteiger partial charge in [0.15, 0.2) is 0 Å². The topological polar surface area (TPSA) is 158 Å². The molecule has 1 fully saturated rings. The summed E-state index contributed by atoms with van der Waals surface area (Å²) in [5.74, 6) is -2.76. The molecular formula is C46H57F2IN3O10P. The molecule has 17 heteroatoms. The number of alkyl halides is 2. The van der Waals surface area contributed by atoms with Crippen molar-refractivity contribution < 1.29 is 55.8 Å². The maximum Gasteiger partial charge on any atom is 0.410 e. The van der Waals surface area contributed by atoms with E-state index in [-0.39, 0.29) is 18.2 Å². The molecular weight excluding hydrogens is 950 g/mol. The Balaban J connectivity index is 1.47. The van der Waals surface area contributed by atoms with Crippen LogP contribution in [0.1, 0.15) is 92.7 Å². The molecule has 0 saturated carbocycles. The van der Waals surface area contributed by atoms with E-state index in [1.807, 2.05) is 75.4 Å². The van der Waals surface area contributed by atoms with Crippen molar-refractivity contribution in [2.24, 2.45) is 16.2 Å².